The fourth-order valence-corrected chi connectivity index (χ4v) is 2.43. The number of nitrogens with one attached hydrogen (secondary N) is 2. The van der Waals surface area contributed by atoms with Crippen molar-refractivity contribution in [3.8, 4) is 0 Å². The van der Waals surface area contributed by atoms with Crippen molar-refractivity contribution in [1.82, 2.24) is 10.6 Å². The number of esters is 1. The predicted octanol–water partition coefficient (Wildman–Crippen LogP) is 0.182. The molecule has 0 radical (unpaired) electrons. The first-order valence-electron chi connectivity index (χ1n) is 6.08. The molecule has 1 aliphatic heterocycles. The SMILES string of the molecule is O=C(O)CCC(=O)O[C@@H]1NC2CCCC[C@@H]2N1. The van der Waals surface area contributed by atoms with Gasteiger partial charge in [0.1, 0.15) is 0 Å². The van der Waals surface area contributed by atoms with Crippen LogP contribution < -0.4 is 10.6 Å². The summed E-state index contributed by atoms with van der Waals surface area (Å²) in [6.45, 7) is 0. The fraction of sp³-hybridized carbons (Fsp3) is 0.818. The number of aliphatic carboxylic acids is 1. The zero-order valence-corrected chi connectivity index (χ0v) is 9.65. The van der Waals surface area contributed by atoms with Crippen molar-refractivity contribution in [2.45, 2.75) is 57.0 Å². The lowest BCUT2D eigenvalue weighted by molar-refractivity contribution is -0.154. The predicted molar refractivity (Wildman–Crippen MR) is 59.1 cm³/mol. The molecule has 0 aromatic rings. The molecule has 2 rings (SSSR count). The first-order chi connectivity index (χ1) is 8.15. The summed E-state index contributed by atoms with van der Waals surface area (Å²) < 4.78 is 5.13. The van der Waals surface area contributed by atoms with E-state index < -0.39 is 18.3 Å². The summed E-state index contributed by atoms with van der Waals surface area (Å²) in [4.78, 5) is 21.7. The maximum atomic E-state index is 11.3. The van der Waals surface area contributed by atoms with Crippen LogP contribution >= 0.6 is 0 Å². The van der Waals surface area contributed by atoms with E-state index in [4.69, 9.17) is 9.84 Å². The third-order valence-corrected chi connectivity index (χ3v) is 3.29. The minimum atomic E-state index is -0.983. The van der Waals surface area contributed by atoms with E-state index in [1.807, 2.05) is 0 Å². The Bertz CT molecular complexity index is 294. The molecule has 1 saturated carbocycles. The summed E-state index contributed by atoms with van der Waals surface area (Å²) >= 11 is 0. The van der Waals surface area contributed by atoms with Crippen LogP contribution in [0.4, 0.5) is 0 Å². The molecule has 2 fully saturated rings. The van der Waals surface area contributed by atoms with Gasteiger partial charge in [-0.2, -0.15) is 0 Å². The molecule has 6 nitrogen and oxygen atoms in total. The zero-order valence-electron chi connectivity index (χ0n) is 9.65. The summed E-state index contributed by atoms with van der Waals surface area (Å²) in [5, 5.41) is 14.9. The van der Waals surface area contributed by atoms with E-state index in [0.29, 0.717) is 12.1 Å². The van der Waals surface area contributed by atoms with Gasteiger partial charge in [-0.1, -0.05) is 12.8 Å². The normalized spacial score (nSPS) is 31.9. The Kier molecular flexibility index (Phi) is 3.96. The topological polar surface area (TPSA) is 87.7 Å². The van der Waals surface area contributed by atoms with Crippen molar-refractivity contribution in [2.24, 2.45) is 0 Å². The highest BCUT2D eigenvalue weighted by molar-refractivity contribution is 5.76. The summed E-state index contributed by atoms with van der Waals surface area (Å²) in [6, 6.07) is 0.752. The van der Waals surface area contributed by atoms with Crippen LogP contribution in [0.1, 0.15) is 38.5 Å². The second kappa shape index (κ2) is 5.46. The van der Waals surface area contributed by atoms with Crippen LogP contribution in [-0.2, 0) is 14.3 Å². The largest absolute Gasteiger partial charge is 0.481 e. The summed E-state index contributed by atoms with van der Waals surface area (Å²) in [6.07, 6.45) is 3.89. The van der Waals surface area contributed by atoms with Crippen LogP contribution in [-0.4, -0.2) is 35.5 Å². The van der Waals surface area contributed by atoms with Gasteiger partial charge in [-0.3, -0.25) is 20.2 Å². The molecule has 3 N–H and O–H groups in total. The lowest BCUT2D eigenvalue weighted by atomic mass is 9.92. The van der Waals surface area contributed by atoms with Gasteiger partial charge in [0.05, 0.1) is 12.8 Å². The molecule has 0 aromatic heterocycles. The highest BCUT2D eigenvalue weighted by Crippen LogP contribution is 2.23. The maximum absolute atomic E-state index is 11.3. The van der Waals surface area contributed by atoms with Gasteiger partial charge in [0.15, 0.2) is 0 Å². The van der Waals surface area contributed by atoms with E-state index in [1.54, 1.807) is 0 Å². The van der Waals surface area contributed by atoms with Gasteiger partial charge in [0.2, 0.25) is 6.35 Å². The maximum Gasteiger partial charge on any atom is 0.308 e. The monoisotopic (exact) mass is 242 g/mol. The second-order valence-corrected chi connectivity index (χ2v) is 4.59. The lowest BCUT2D eigenvalue weighted by Crippen LogP contribution is -2.38. The molecule has 1 unspecified atom stereocenters. The van der Waals surface area contributed by atoms with Gasteiger partial charge in [-0.15, -0.1) is 0 Å². The minimum absolute atomic E-state index is 0.0788. The molecule has 1 saturated heterocycles. The van der Waals surface area contributed by atoms with Crippen LogP contribution in [0.3, 0.4) is 0 Å². The van der Waals surface area contributed by atoms with Crippen LogP contribution in [0.25, 0.3) is 0 Å². The van der Waals surface area contributed by atoms with E-state index in [-0.39, 0.29) is 12.8 Å². The van der Waals surface area contributed by atoms with Gasteiger partial charge in [0.25, 0.3) is 0 Å². The van der Waals surface area contributed by atoms with Crippen LogP contribution in [0.15, 0.2) is 0 Å². The summed E-state index contributed by atoms with van der Waals surface area (Å²) in [5.74, 6) is -1.46. The highest BCUT2D eigenvalue weighted by atomic mass is 16.6. The van der Waals surface area contributed by atoms with Crippen LogP contribution in [0.5, 0.6) is 0 Å². The van der Waals surface area contributed by atoms with Crippen molar-refractivity contribution < 1.29 is 19.4 Å². The van der Waals surface area contributed by atoms with E-state index >= 15 is 0 Å². The first kappa shape index (κ1) is 12.3. The van der Waals surface area contributed by atoms with E-state index in [9.17, 15) is 9.59 Å². The van der Waals surface area contributed by atoms with E-state index in [2.05, 4.69) is 10.6 Å². The minimum Gasteiger partial charge on any atom is -0.481 e. The van der Waals surface area contributed by atoms with Crippen LogP contribution in [0, 0.1) is 0 Å². The summed E-state index contributed by atoms with van der Waals surface area (Å²) in [5.41, 5.74) is 0. The number of rotatable bonds is 4. The lowest BCUT2D eigenvalue weighted by Gasteiger charge is -2.23. The second-order valence-electron chi connectivity index (χ2n) is 4.59. The zero-order chi connectivity index (χ0) is 12.3. The average molecular weight is 242 g/mol. The number of carboxylic acid groups (broad SMARTS) is 1. The molecule has 0 bridgehead atoms. The van der Waals surface area contributed by atoms with Crippen molar-refractivity contribution in [2.75, 3.05) is 0 Å². The molecule has 0 amide bonds. The molecule has 96 valence electrons. The Morgan fingerprint density at radius 2 is 1.71 bits per heavy atom. The molecular weight excluding hydrogens is 224 g/mol. The van der Waals surface area contributed by atoms with Gasteiger partial charge >= 0.3 is 11.9 Å². The molecule has 6 heteroatoms. The number of hydrogen-bond donors (Lipinski definition) is 3. The molecule has 1 aliphatic carbocycles. The smallest absolute Gasteiger partial charge is 0.308 e. The number of hydrogen-bond acceptors (Lipinski definition) is 5. The Morgan fingerprint density at radius 1 is 1.12 bits per heavy atom. The number of carboxylic acids is 1. The molecule has 0 spiro atoms. The number of carbonyl (C=O) groups excluding carboxylic acids is 1. The van der Waals surface area contributed by atoms with Gasteiger partial charge in [-0.05, 0) is 12.8 Å². The Labute approximate surface area is 99.7 Å². The third-order valence-electron chi connectivity index (χ3n) is 3.29. The van der Waals surface area contributed by atoms with Crippen molar-refractivity contribution >= 4 is 11.9 Å². The first-order valence-corrected chi connectivity index (χ1v) is 6.08. The Balaban J connectivity index is 1.73. The molecular formula is C11H18N2O4. The molecule has 17 heavy (non-hydrogen) atoms. The third kappa shape index (κ3) is 3.41. The molecule has 2 aliphatic rings. The Morgan fingerprint density at radius 3 is 2.24 bits per heavy atom. The highest BCUT2D eigenvalue weighted by Gasteiger charge is 2.36. The number of carbonyl (C=O) groups is 2. The number of fused-ring (bicyclic) bond motifs is 1. The number of ether oxygens (including phenoxy) is 1. The molecule has 0 aromatic carbocycles. The van der Waals surface area contributed by atoms with Gasteiger partial charge < -0.3 is 9.84 Å². The fourth-order valence-electron chi connectivity index (χ4n) is 2.43. The average Bonchev–Trinajstić information content (AvgIpc) is 2.68. The van der Waals surface area contributed by atoms with Crippen molar-refractivity contribution in [3.63, 3.8) is 0 Å². The van der Waals surface area contributed by atoms with Crippen molar-refractivity contribution in [1.29, 1.82) is 0 Å². The van der Waals surface area contributed by atoms with Crippen LogP contribution in [0.2, 0.25) is 0 Å². The van der Waals surface area contributed by atoms with Crippen molar-refractivity contribution in [3.05, 3.63) is 0 Å². The Hall–Kier alpha value is -1.14. The standard InChI is InChI=1S/C11H18N2O4/c14-9(15)5-6-10(16)17-11-12-7-3-1-2-4-8(7)13-11/h7-8,11-13H,1-6H2,(H,14,15)/t7-,8?,11-/m0/s1. The van der Waals surface area contributed by atoms with Gasteiger partial charge in [-0.25, -0.2) is 0 Å². The summed E-state index contributed by atoms with van der Waals surface area (Å²) in [7, 11) is 0. The quantitative estimate of drug-likeness (QED) is 0.610. The van der Waals surface area contributed by atoms with Gasteiger partial charge in [0, 0.05) is 12.1 Å². The molecule has 1 heterocycles. The van der Waals surface area contributed by atoms with E-state index in [0.717, 1.165) is 12.8 Å². The van der Waals surface area contributed by atoms with E-state index in [1.165, 1.54) is 12.8 Å². The molecule has 3 atom stereocenters.